The van der Waals surface area contributed by atoms with Crippen molar-refractivity contribution in [2.45, 2.75) is 31.9 Å². The number of hydrogen-bond donors (Lipinski definition) is 2. The predicted molar refractivity (Wildman–Crippen MR) is 108 cm³/mol. The molecule has 2 aromatic heterocycles. The van der Waals surface area contributed by atoms with Crippen molar-refractivity contribution in [2.75, 3.05) is 5.32 Å². The van der Waals surface area contributed by atoms with Crippen LogP contribution in [0.2, 0.25) is 0 Å². The Labute approximate surface area is 170 Å². The first-order valence-electron chi connectivity index (χ1n) is 9.76. The molecule has 2 N–H and O–H groups in total. The van der Waals surface area contributed by atoms with E-state index in [1.54, 1.807) is 0 Å². The Morgan fingerprint density at radius 3 is 2.50 bits per heavy atom. The Morgan fingerprint density at radius 1 is 0.900 bits per heavy atom. The lowest BCUT2D eigenvalue weighted by atomic mass is 9.96. The lowest BCUT2D eigenvalue weighted by Gasteiger charge is -2.19. The molecule has 0 fully saturated rings. The highest BCUT2D eigenvalue weighted by molar-refractivity contribution is 5.92. The second-order valence-corrected chi connectivity index (χ2v) is 7.35. The number of aryl methyl sites for hydroxylation is 1. The van der Waals surface area contributed by atoms with Crippen molar-refractivity contribution in [1.29, 1.82) is 0 Å². The SMILES string of the molecule is FC(F)(F)c1ccc2[nH]nc(Nc3nc(-c4ccccc4)nc4c3CCCC4)c2c1. The van der Waals surface area contributed by atoms with Crippen LogP contribution in [0.25, 0.3) is 22.3 Å². The van der Waals surface area contributed by atoms with Gasteiger partial charge in [0.2, 0.25) is 0 Å². The van der Waals surface area contributed by atoms with Gasteiger partial charge in [0, 0.05) is 22.2 Å². The number of aromatic amines is 1. The summed E-state index contributed by atoms with van der Waals surface area (Å²) in [4.78, 5) is 9.46. The normalized spacial score (nSPS) is 14.0. The summed E-state index contributed by atoms with van der Waals surface area (Å²) in [5, 5.41) is 10.5. The molecule has 0 atom stereocenters. The highest BCUT2D eigenvalue weighted by Crippen LogP contribution is 2.35. The van der Waals surface area contributed by atoms with Crippen LogP contribution in [-0.2, 0) is 19.0 Å². The molecule has 5 nitrogen and oxygen atoms in total. The van der Waals surface area contributed by atoms with E-state index >= 15 is 0 Å². The number of fused-ring (bicyclic) bond motifs is 2. The van der Waals surface area contributed by atoms with Gasteiger partial charge in [-0.2, -0.15) is 18.3 Å². The Bertz CT molecular complexity index is 1210. The molecule has 1 aliphatic rings. The van der Waals surface area contributed by atoms with Crippen molar-refractivity contribution in [3.8, 4) is 11.4 Å². The van der Waals surface area contributed by atoms with E-state index in [2.05, 4.69) is 15.5 Å². The number of aromatic nitrogens is 4. The minimum absolute atomic E-state index is 0.321. The molecule has 0 amide bonds. The fraction of sp³-hybridized carbons (Fsp3) is 0.227. The van der Waals surface area contributed by atoms with Gasteiger partial charge < -0.3 is 5.32 Å². The van der Waals surface area contributed by atoms with Gasteiger partial charge in [0.05, 0.1) is 11.1 Å². The van der Waals surface area contributed by atoms with E-state index < -0.39 is 11.7 Å². The number of anilines is 2. The van der Waals surface area contributed by atoms with E-state index in [-0.39, 0.29) is 0 Å². The summed E-state index contributed by atoms with van der Waals surface area (Å²) in [6.07, 6.45) is -0.667. The third-order valence-corrected chi connectivity index (χ3v) is 5.34. The van der Waals surface area contributed by atoms with E-state index in [1.165, 1.54) is 6.07 Å². The van der Waals surface area contributed by atoms with Gasteiger partial charge in [0.25, 0.3) is 0 Å². The first-order chi connectivity index (χ1) is 14.5. The molecule has 152 valence electrons. The van der Waals surface area contributed by atoms with E-state index in [4.69, 9.17) is 9.97 Å². The maximum absolute atomic E-state index is 13.2. The van der Waals surface area contributed by atoms with Gasteiger partial charge in [-0.15, -0.1) is 0 Å². The quantitative estimate of drug-likeness (QED) is 0.458. The number of benzene rings is 2. The largest absolute Gasteiger partial charge is 0.416 e. The summed E-state index contributed by atoms with van der Waals surface area (Å²) >= 11 is 0. The van der Waals surface area contributed by atoms with Crippen molar-refractivity contribution >= 4 is 22.5 Å². The number of H-pyrrole nitrogens is 1. The lowest BCUT2D eigenvalue weighted by molar-refractivity contribution is -0.137. The van der Waals surface area contributed by atoms with Crippen LogP contribution in [0.5, 0.6) is 0 Å². The molecule has 4 aromatic rings. The monoisotopic (exact) mass is 409 g/mol. The number of nitrogens with one attached hydrogen (secondary N) is 2. The molecule has 5 rings (SSSR count). The van der Waals surface area contributed by atoms with Crippen LogP contribution >= 0.6 is 0 Å². The van der Waals surface area contributed by atoms with Crippen LogP contribution in [0, 0.1) is 0 Å². The smallest absolute Gasteiger partial charge is 0.323 e. The molecule has 0 bridgehead atoms. The van der Waals surface area contributed by atoms with Crippen LogP contribution in [0.3, 0.4) is 0 Å². The fourth-order valence-corrected chi connectivity index (χ4v) is 3.81. The van der Waals surface area contributed by atoms with Gasteiger partial charge in [0.1, 0.15) is 5.82 Å². The van der Waals surface area contributed by atoms with Gasteiger partial charge in [0.15, 0.2) is 11.6 Å². The van der Waals surface area contributed by atoms with Crippen LogP contribution in [0.1, 0.15) is 29.7 Å². The molecule has 0 spiro atoms. The number of rotatable bonds is 3. The topological polar surface area (TPSA) is 66.5 Å². The van der Waals surface area contributed by atoms with Gasteiger partial charge in [-0.25, -0.2) is 9.97 Å². The van der Waals surface area contributed by atoms with E-state index in [1.807, 2.05) is 30.3 Å². The van der Waals surface area contributed by atoms with Gasteiger partial charge in [-0.3, -0.25) is 5.10 Å². The average molecular weight is 409 g/mol. The summed E-state index contributed by atoms with van der Waals surface area (Å²) in [7, 11) is 0. The molecule has 0 saturated carbocycles. The summed E-state index contributed by atoms with van der Waals surface area (Å²) in [6, 6.07) is 13.2. The van der Waals surface area contributed by atoms with Crippen LogP contribution in [0.15, 0.2) is 48.5 Å². The Hall–Kier alpha value is -3.42. The maximum Gasteiger partial charge on any atom is 0.416 e. The molecule has 0 saturated heterocycles. The zero-order valence-electron chi connectivity index (χ0n) is 15.9. The minimum atomic E-state index is -4.42. The number of halogens is 3. The van der Waals surface area contributed by atoms with Crippen molar-refractivity contribution in [1.82, 2.24) is 20.2 Å². The molecule has 8 heteroatoms. The number of nitrogens with zero attached hydrogens (tertiary/aromatic N) is 3. The van der Waals surface area contributed by atoms with Crippen molar-refractivity contribution in [2.24, 2.45) is 0 Å². The van der Waals surface area contributed by atoms with E-state index in [9.17, 15) is 13.2 Å². The van der Waals surface area contributed by atoms with E-state index in [0.29, 0.717) is 28.4 Å². The average Bonchev–Trinajstić information content (AvgIpc) is 3.16. The van der Waals surface area contributed by atoms with Crippen molar-refractivity contribution < 1.29 is 13.2 Å². The molecular weight excluding hydrogens is 391 g/mol. The molecule has 0 radical (unpaired) electrons. The zero-order chi connectivity index (χ0) is 20.7. The second kappa shape index (κ2) is 7.12. The molecule has 0 aliphatic heterocycles. The zero-order valence-corrected chi connectivity index (χ0v) is 15.9. The third kappa shape index (κ3) is 3.38. The third-order valence-electron chi connectivity index (χ3n) is 5.34. The minimum Gasteiger partial charge on any atom is -0.323 e. The fourth-order valence-electron chi connectivity index (χ4n) is 3.81. The van der Waals surface area contributed by atoms with E-state index in [0.717, 1.165) is 54.6 Å². The first kappa shape index (κ1) is 18.6. The molecule has 0 unspecified atom stereocenters. The second-order valence-electron chi connectivity index (χ2n) is 7.35. The molecule has 30 heavy (non-hydrogen) atoms. The highest BCUT2D eigenvalue weighted by Gasteiger charge is 2.31. The van der Waals surface area contributed by atoms with Crippen LogP contribution in [-0.4, -0.2) is 20.2 Å². The Kier molecular flexibility index (Phi) is 4.42. The maximum atomic E-state index is 13.2. The number of hydrogen-bond acceptors (Lipinski definition) is 4. The molecule has 2 aromatic carbocycles. The van der Waals surface area contributed by atoms with Crippen molar-refractivity contribution in [3.63, 3.8) is 0 Å². The molecule has 1 aliphatic carbocycles. The lowest BCUT2D eigenvalue weighted by Crippen LogP contribution is -2.12. The summed E-state index contributed by atoms with van der Waals surface area (Å²) < 4.78 is 39.5. The van der Waals surface area contributed by atoms with Crippen LogP contribution < -0.4 is 5.32 Å². The summed E-state index contributed by atoms with van der Waals surface area (Å²) in [5.41, 5.74) is 2.68. The van der Waals surface area contributed by atoms with Gasteiger partial charge >= 0.3 is 6.18 Å². The standard InChI is InChI=1S/C22H18F3N5/c23-22(24,25)14-10-11-18-16(12-14)21(30-29-18)28-20-15-8-4-5-9-17(15)26-19(27-20)13-6-2-1-3-7-13/h1-3,6-7,10-12H,4-5,8-9H2,(H2,26,27,28,29,30). The van der Waals surface area contributed by atoms with Crippen molar-refractivity contribution in [3.05, 3.63) is 65.4 Å². The highest BCUT2D eigenvalue weighted by atomic mass is 19.4. The summed E-state index contributed by atoms with van der Waals surface area (Å²) in [6.45, 7) is 0. The van der Waals surface area contributed by atoms with Gasteiger partial charge in [-0.05, 0) is 43.9 Å². The Morgan fingerprint density at radius 2 is 1.70 bits per heavy atom. The predicted octanol–water partition coefficient (Wildman–Crippen LogP) is 5.66. The van der Waals surface area contributed by atoms with Crippen LogP contribution in [0.4, 0.5) is 24.8 Å². The molecular formula is C22H18F3N5. The Balaban J connectivity index is 1.61. The first-order valence-corrected chi connectivity index (χ1v) is 9.76. The number of alkyl halides is 3. The summed E-state index contributed by atoms with van der Waals surface area (Å²) in [5.74, 6) is 1.51. The molecule has 2 heterocycles. The van der Waals surface area contributed by atoms with Gasteiger partial charge in [-0.1, -0.05) is 30.3 Å².